The van der Waals surface area contributed by atoms with Crippen molar-refractivity contribution in [1.29, 1.82) is 5.26 Å². The van der Waals surface area contributed by atoms with Gasteiger partial charge in [0.1, 0.15) is 18.2 Å². The molecule has 0 aliphatic heterocycles. The number of benzene rings is 2. The van der Waals surface area contributed by atoms with E-state index in [1.54, 1.807) is 37.3 Å². The first-order valence-corrected chi connectivity index (χ1v) is 9.68. The number of nitriles is 1. The molecule has 2 aromatic rings. The summed E-state index contributed by atoms with van der Waals surface area (Å²) in [4.78, 5) is 33.8. The van der Waals surface area contributed by atoms with E-state index in [-0.39, 0.29) is 17.7 Å². The fourth-order valence-electron chi connectivity index (χ4n) is 2.52. The van der Waals surface area contributed by atoms with Crippen LogP contribution in [0.1, 0.15) is 28.4 Å². The van der Waals surface area contributed by atoms with Crippen molar-refractivity contribution in [2.75, 3.05) is 6.61 Å². The summed E-state index contributed by atoms with van der Waals surface area (Å²) in [7, 11) is 0. The van der Waals surface area contributed by atoms with Gasteiger partial charge in [0.2, 0.25) is 0 Å². The fourth-order valence-corrected chi connectivity index (χ4v) is 3.09. The third-order valence-corrected chi connectivity index (χ3v) is 4.39. The van der Waals surface area contributed by atoms with Crippen molar-refractivity contribution >= 4 is 39.9 Å². The number of ether oxygens (including phenoxy) is 2. The van der Waals surface area contributed by atoms with Gasteiger partial charge in [-0.15, -0.1) is 0 Å². The monoisotopic (exact) mass is 487 g/mol. The molecule has 2 aromatic carbocycles. The third kappa shape index (κ3) is 6.58. The van der Waals surface area contributed by atoms with Crippen molar-refractivity contribution < 1.29 is 29.0 Å². The fraction of sp³-hybridized carbons (Fsp3) is 0.143. The lowest BCUT2D eigenvalue weighted by molar-refractivity contribution is -0.115. The molecule has 0 saturated carbocycles. The Hall–Kier alpha value is -3.84. The van der Waals surface area contributed by atoms with Crippen LogP contribution in [0.5, 0.6) is 11.5 Å². The molecule has 31 heavy (non-hydrogen) atoms. The number of halogens is 1. The number of aromatic carboxylic acids is 1. The second-order valence-electron chi connectivity index (χ2n) is 6.05. The molecule has 4 N–H and O–H groups in total. The third-order valence-electron chi connectivity index (χ3n) is 3.80. The summed E-state index contributed by atoms with van der Waals surface area (Å²) < 4.78 is 11.9. The number of imide groups is 1. The van der Waals surface area contributed by atoms with Gasteiger partial charge in [-0.1, -0.05) is 12.1 Å². The summed E-state index contributed by atoms with van der Waals surface area (Å²) in [5.41, 5.74) is 5.81. The van der Waals surface area contributed by atoms with Crippen LogP contribution >= 0.6 is 15.9 Å². The van der Waals surface area contributed by atoms with Gasteiger partial charge in [0.25, 0.3) is 5.91 Å². The molecule has 0 heterocycles. The van der Waals surface area contributed by atoms with E-state index in [1.165, 1.54) is 18.2 Å². The summed E-state index contributed by atoms with van der Waals surface area (Å²) in [6.07, 6.45) is 1.27. The van der Waals surface area contributed by atoms with Crippen LogP contribution in [0.3, 0.4) is 0 Å². The normalized spacial score (nSPS) is 10.7. The lowest BCUT2D eigenvalue weighted by Gasteiger charge is -2.15. The Morgan fingerprint density at radius 3 is 2.61 bits per heavy atom. The molecule has 10 heteroatoms. The number of nitrogens with two attached hydrogens (primary N) is 1. The number of nitrogens with one attached hydrogen (secondary N) is 1. The molecular formula is C21H18BrN3O6. The standard InChI is InChI=1S/C21H18BrN3O6/c1-2-30-17-9-13(7-15(10-23)19(26)25-21(24)29)8-16(22)18(17)31-11-12-4-3-5-14(6-12)20(27)28/h3-9H,2,11H2,1H3,(H,27,28)(H3,24,25,26,29)/b15-7-. The second kappa shape index (κ2) is 10.8. The van der Waals surface area contributed by atoms with Crippen LogP contribution in [0.4, 0.5) is 4.79 Å². The van der Waals surface area contributed by atoms with Crippen molar-refractivity contribution in [3.63, 3.8) is 0 Å². The van der Waals surface area contributed by atoms with Gasteiger partial charge in [-0.2, -0.15) is 5.26 Å². The lowest BCUT2D eigenvalue weighted by atomic mass is 10.1. The van der Waals surface area contributed by atoms with Crippen molar-refractivity contribution in [1.82, 2.24) is 5.32 Å². The molecule has 0 radical (unpaired) electrons. The predicted molar refractivity (Wildman–Crippen MR) is 114 cm³/mol. The van der Waals surface area contributed by atoms with Gasteiger partial charge in [0.15, 0.2) is 11.5 Å². The minimum atomic E-state index is -1.07. The minimum Gasteiger partial charge on any atom is -0.490 e. The van der Waals surface area contributed by atoms with Gasteiger partial charge in [0.05, 0.1) is 16.6 Å². The van der Waals surface area contributed by atoms with E-state index >= 15 is 0 Å². The van der Waals surface area contributed by atoms with Crippen LogP contribution in [0.25, 0.3) is 6.08 Å². The van der Waals surface area contributed by atoms with E-state index < -0.39 is 17.9 Å². The Balaban J connectivity index is 2.33. The quantitative estimate of drug-likeness (QED) is 0.381. The first-order chi connectivity index (χ1) is 14.7. The van der Waals surface area contributed by atoms with Gasteiger partial charge in [-0.05, 0) is 64.3 Å². The summed E-state index contributed by atoms with van der Waals surface area (Å²) in [5, 5.41) is 20.1. The molecule has 0 atom stereocenters. The van der Waals surface area contributed by atoms with Crippen LogP contribution in [0.15, 0.2) is 46.4 Å². The zero-order valence-electron chi connectivity index (χ0n) is 16.3. The summed E-state index contributed by atoms with van der Waals surface area (Å²) >= 11 is 3.38. The Morgan fingerprint density at radius 1 is 1.26 bits per heavy atom. The molecule has 9 nitrogen and oxygen atoms in total. The Kier molecular flexibility index (Phi) is 8.16. The van der Waals surface area contributed by atoms with Crippen LogP contribution in [-0.4, -0.2) is 29.6 Å². The van der Waals surface area contributed by atoms with Gasteiger partial charge >= 0.3 is 12.0 Å². The van der Waals surface area contributed by atoms with Crippen molar-refractivity contribution in [2.24, 2.45) is 5.73 Å². The van der Waals surface area contributed by atoms with Crippen molar-refractivity contribution in [3.05, 3.63) is 63.1 Å². The molecule has 0 spiro atoms. The van der Waals surface area contributed by atoms with Crippen LogP contribution in [0.2, 0.25) is 0 Å². The average molecular weight is 488 g/mol. The van der Waals surface area contributed by atoms with Crippen LogP contribution in [0, 0.1) is 11.3 Å². The van der Waals surface area contributed by atoms with Crippen LogP contribution < -0.4 is 20.5 Å². The van der Waals surface area contributed by atoms with Crippen LogP contribution in [-0.2, 0) is 11.4 Å². The van der Waals surface area contributed by atoms with Gasteiger partial charge in [-0.3, -0.25) is 10.1 Å². The number of carbonyl (C=O) groups is 3. The largest absolute Gasteiger partial charge is 0.490 e. The summed E-state index contributed by atoms with van der Waals surface area (Å²) in [6.45, 7) is 2.18. The van der Waals surface area contributed by atoms with E-state index in [0.29, 0.717) is 33.7 Å². The molecule has 2 rings (SSSR count). The topological polar surface area (TPSA) is 152 Å². The number of hydrogen-bond donors (Lipinski definition) is 3. The number of carboxylic acids is 1. The van der Waals surface area contributed by atoms with E-state index in [9.17, 15) is 19.6 Å². The van der Waals surface area contributed by atoms with E-state index in [2.05, 4.69) is 15.9 Å². The highest BCUT2D eigenvalue weighted by Gasteiger charge is 2.15. The van der Waals surface area contributed by atoms with E-state index in [0.717, 1.165) is 0 Å². The van der Waals surface area contributed by atoms with E-state index in [1.807, 2.05) is 5.32 Å². The summed E-state index contributed by atoms with van der Waals surface area (Å²) in [5.74, 6) is -1.27. The number of urea groups is 1. The highest BCUT2D eigenvalue weighted by atomic mass is 79.9. The highest BCUT2D eigenvalue weighted by molar-refractivity contribution is 9.10. The minimum absolute atomic E-state index is 0.0828. The molecule has 0 bridgehead atoms. The second-order valence-corrected chi connectivity index (χ2v) is 6.90. The number of amides is 3. The molecular weight excluding hydrogens is 470 g/mol. The number of carbonyl (C=O) groups excluding carboxylic acids is 2. The molecule has 160 valence electrons. The maximum atomic E-state index is 11.9. The number of primary amides is 1. The Bertz CT molecular complexity index is 1090. The molecule has 0 fully saturated rings. The maximum absolute atomic E-state index is 11.9. The first-order valence-electron chi connectivity index (χ1n) is 8.89. The zero-order chi connectivity index (χ0) is 23.0. The first kappa shape index (κ1) is 23.4. The van der Waals surface area contributed by atoms with Gasteiger partial charge in [-0.25, -0.2) is 9.59 Å². The Labute approximate surface area is 186 Å². The molecule has 0 aliphatic carbocycles. The van der Waals surface area contributed by atoms with Gasteiger partial charge < -0.3 is 20.3 Å². The Morgan fingerprint density at radius 2 is 2.00 bits per heavy atom. The lowest BCUT2D eigenvalue weighted by Crippen LogP contribution is -2.35. The molecule has 0 saturated heterocycles. The average Bonchev–Trinajstić information content (AvgIpc) is 2.71. The molecule has 0 unspecified atom stereocenters. The van der Waals surface area contributed by atoms with Gasteiger partial charge in [0, 0.05) is 0 Å². The SMILES string of the molecule is CCOc1cc(/C=C(/C#N)C(=O)NC(N)=O)cc(Br)c1OCc1cccc(C(=O)O)c1. The number of nitrogens with zero attached hydrogens (tertiary/aromatic N) is 1. The van der Waals surface area contributed by atoms with Crippen molar-refractivity contribution in [3.8, 4) is 17.6 Å². The van der Waals surface area contributed by atoms with E-state index in [4.69, 9.17) is 20.3 Å². The highest BCUT2D eigenvalue weighted by Crippen LogP contribution is 2.38. The smallest absolute Gasteiger partial charge is 0.335 e. The summed E-state index contributed by atoms with van der Waals surface area (Å²) in [6, 6.07) is 10.1. The molecule has 0 aromatic heterocycles. The predicted octanol–water partition coefficient (Wildman–Crippen LogP) is 3.23. The number of rotatable bonds is 8. The number of hydrogen-bond acceptors (Lipinski definition) is 6. The van der Waals surface area contributed by atoms with Crippen molar-refractivity contribution in [2.45, 2.75) is 13.5 Å². The number of carboxylic acid groups (broad SMARTS) is 1. The molecule has 3 amide bonds. The zero-order valence-corrected chi connectivity index (χ0v) is 17.9. The maximum Gasteiger partial charge on any atom is 0.335 e. The molecule has 0 aliphatic rings.